The van der Waals surface area contributed by atoms with Gasteiger partial charge in [0.2, 0.25) is 5.91 Å². The zero-order valence-electron chi connectivity index (χ0n) is 8.68. The Bertz CT molecular complexity index is 164. The Morgan fingerprint density at radius 2 is 2.38 bits per heavy atom. The number of piperidine rings is 1. The summed E-state index contributed by atoms with van der Waals surface area (Å²) in [5.41, 5.74) is 0. The Morgan fingerprint density at radius 1 is 1.62 bits per heavy atom. The lowest BCUT2D eigenvalue weighted by Gasteiger charge is -2.33. The van der Waals surface area contributed by atoms with Gasteiger partial charge >= 0.3 is 0 Å². The molecule has 0 saturated carbocycles. The molecule has 0 aromatic heterocycles. The first-order valence-corrected chi connectivity index (χ1v) is 5.23. The Morgan fingerprint density at radius 3 is 2.85 bits per heavy atom. The number of hydrogen-bond acceptors (Lipinski definition) is 2. The van der Waals surface area contributed by atoms with Gasteiger partial charge in [0.25, 0.3) is 0 Å². The van der Waals surface area contributed by atoms with Crippen LogP contribution in [0, 0.1) is 0 Å². The molecular weight excluding hydrogens is 164 g/mol. The molecule has 1 aliphatic heterocycles. The first-order valence-electron chi connectivity index (χ1n) is 5.23. The SMILES string of the molecule is CCCN(C(C)=O)C1CCCNC1. The van der Waals surface area contributed by atoms with Gasteiger partial charge < -0.3 is 10.2 Å². The molecule has 0 spiro atoms. The van der Waals surface area contributed by atoms with Crippen molar-refractivity contribution in [1.82, 2.24) is 10.2 Å². The maximum absolute atomic E-state index is 11.3. The third-order valence-corrected chi connectivity index (χ3v) is 2.58. The molecule has 1 fully saturated rings. The maximum Gasteiger partial charge on any atom is 0.219 e. The van der Waals surface area contributed by atoms with E-state index in [0.717, 1.165) is 32.5 Å². The van der Waals surface area contributed by atoms with E-state index in [4.69, 9.17) is 0 Å². The number of nitrogens with zero attached hydrogens (tertiary/aromatic N) is 1. The lowest BCUT2D eigenvalue weighted by atomic mass is 10.1. The third kappa shape index (κ3) is 2.99. The summed E-state index contributed by atoms with van der Waals surface area (Å²) in [6.07, 6.45) is 3.40. The first-order chi connectivity index (χ1) is 6.25. The van der Waals surface area contributed by atoms with E-state index in [1.165, 1.54) is 6.42 Å². The number of amides is 1. The van der Waals surface area contributed by atoms with Crippen LogP contribution in [0.25, 0.3) is 0 Å². The van der Waals surface area contributed by atoms with Crippen LogP contribution in [-0.4, -0.2) is 36.5 Å². The molecular formula is C10H20N2O. The summed E-state index contributed by atoms with van der Waals surface area (Å²) in [6, 6.07) is 0.436. The average molecular weight is 184 g/mol. The summed E-state index contributed by atoms with van der Waals surface area (Å²) in [7, 11) is 0. The summed E-state index contributed by atoms with van der Waals surface area (Å²) in [4.78, 5) is 13.3. The molecule has 1 amide bonds. The molecule has 0 aromatic rings. The predicted molar refractivity (Wildman–Crippen MR) is 53.6 cm³/mol. The lowest BCUT2D eigenvalue weighted by molar-refractivity contribution is -0.131. The van der Waals surface area contributed by atoms with Gasteiger partial charge in [-0.3, -0.25) is 4.79 Å². The highest BCUT2D eigenvalue weighted by Crippen LogP contribution is 2.10. The van der Waals surface area contributed by atoms with Crippen molar-refractivity contribution in [2.75, 3.05) is 19.6 Å². The fourth-order valence-electron chi connectivity index (χ4n) is 1.94. The van der Waals surface area contributed by atoms with Gasteiger partial charge in [0, 0.05) is 26.1 Å². The van der Waals surface area contributed by atoms with Crippen molar-refractivity contribution in [3.05, 3.63) is 0 Å². The van der Waals surface area contributed by atoms with Crippen LogP contribution in [0.2, 0.25) is 0 Å². The topological polar surface area (TPSA) is 32.3 Å². The minimum atomic E-state index is 0.218. The van der Waals surface area contributed by atoms with Gasteiger partial charge in [-0.15, -0.1) is 0 Å². The van der Waals surface area contributed by atoms with E-state index in [1.54, 1.807) is 6.92 Å². The normalized spacial score (nSPS) is 22.8. The maximum atomic E-state index is 11.3. The fraction of sp³-hybridized carbons (Fsp3) is 0.900. The van der Waals surface area contributed by atoms with Crippen LogP contribution >= 0.6 is 0 Å². The molecule has 0 bridgehead atoms. The minimum Gasteiger partial charge on any atom is -0.339 e. The van der Waals surface area contributed by atoms with Gasteiger partial charge in [-0.25, -0.2) is 0 Å². The summed E-state index contributed by atoms with van der Waals surface area (Å²) in [6.45, 7) is 6.77. The van der Waals surface area contributed by atoms with Crippen LogP contribution in [0.5, 0.6) is 0 Å². The number of carbonyl (C=O) groups is 1. The van der Waals surface area contributed by atoms with E-state index in [0.29, 0.717) is 6.04 Å². The van der Waals surface area contributed by atoms with Crippen LogP contribution in [0.4, 0.5) is 0 Å². The molecule has 13 heavy (non-hydrogen) atoms. The third-order valence-electron chi connectivity index (χ3n) is 2.58. The second-order valence-electron chi connectivity index (χ2n) is 3.71. The summed E-state index contributed by atoms with van der Waals surface area (Å²) < 4.78 is 0. The lowest BCUT2D eigenvalue weighted by Crippen LogP contribution is -2.48. The standard InChI is InChI=1S/C10H20N2O/c1-3-7-12(9(2)13)10-5-4-6-11-8-10/h10-11H,3-8H2,1-2H3. The van der Waals surface area contributed by atoms with Crippen LogP contribution in [-0.2, 0) is 4.79 Å². The second kappa shape index (κ2) is 5.22. The van der Waals surface area contributed by atoms with E-state index in [1.807, 2.05) is 4.90 Å². The Balaban J connectivity index is 2.46. The Hall–Kier alpha value is -0.570. The Kier molecular flexibility index (Phi) is 4.22. The molecule has 3 nitrogen and oxygen atoms in total. The van der Waals surface area contributed by atoms with E-state index in [9.17, 15) is 4.79 Å². The van der Waals surface area contributed by atoms with Crippen LogP contribution in [0.3, 0.4) is 0 Å². The molecule has 1 aliphatic rings. The van der Waals surface area contributed by atoms with Crippen LogP contribution < -0.4 is 5.32 Å². The molecule has 1 saturated heterocycles. The molecule has 0 radical (unpaired) electrons. The van der Waals surface area contributed by atoms with Gasteiger partial charge in [-0.1, -0.05) is 6.92 Å². The summed E-state index contributed by atoms with van der Waals surface area (Å²) in [5, 5.41) is 3.33. The molecule has 1 heterocycles. The smallest absolute Gasteiger partial charge is 0.219 e. The molecule has 3 heteroatoms. The highest BCUT2D eigenvalue weighted by atomic mass is 16.2. The van der Waals surface area contributed by atoms with Gasteiger partial charge in [-0.05, 0) is 25.8 Å². The zero-order valence-corrected chi connectivity index (χ0v) is 8.68. The van der Waals surface area contributed by atoms with Crippen molar-refractivity contribution in [3.63, 3.8) is 0 Å². The minimum absolute atomic E-state index is 0.218. The molecule has 1 N–H and O–H groups in total. The van der Waals surface area contributed by atoms with Crippen molar-refractivity contribution in [3.8, 4) is 0 Å². The van der Waals surface area contributed by atoms with E-state index in [2.05, 4.69) is 12.2 Å². The largest absolute Gasteiger partial charge is 0.339 e. The van der Waals surface area contributed by atoms with Gasteiger partial charge in [-0.2, -0.15) is 0 Å². The highest BCUT2D eigenvalue weighted by molar-refractivity contribution is 5.73. The van der Waals surface area contributed by atoms with Crippen molar-refractivity contribution >= 4 is 5.91 Å². The van der Waals surface area contributed by atoms with E-state index >= 15 is 0 Å². The van der Waals surface area contributed by atoms with E-state index in [-0.39, 0.29) is 5.91 Å². The highest BCUT2D eigenvalue weighted by Gasteiger charge is 2.21. The van der Waals surface area contributed by atoms with Crippen LogP contribution in [0.15, 0.2) is 0 Å². The van der Waals surface area contributed by atoms with E-state index < -0.39 is 0 Å². The molecule has 0 aromatic carbocycles. The molecule has 1 unspecified atom stereocenters. The van der Waals surface area contributed by atoms with Crippen molar-refractivity contribution in [2.24, 2.45) is 0 Å². The van der Waals surface area contributed by atoms with Gasteiger partial charge in [0.05, 0.1) is 0 Å². The zero-order chi connectivity index (χ0) is 9.68. The van der Waals surface area contributed by atoms with Crippen molar-refractivity contribution < 1.29 is 4.79 Å². The monoisotopic (exact) mass is 184 g/mol. The summed E-state index contributed by atoms with van der Waals surface area (Å²) >= 11 is 0. The first kappa shape index (κ1) is 10.5. The summed E-state index contributed by atoms with van der Waals surface area (Å²) in [5.74, 6) is 0.218. The molecule has 1 atom stereocenters. The van der Waals surface area contributed by atoms with Gasteiger partial charge in [0.15, 0.2) is 0 Å². The molecule has 0 aliphatic carbocycles. The average Bonchev–Trinajstić information content (AvgIpc) is 2.15. The van der Waals surface area contributed by atoms with Crippen molar-refractivity contribution in [2.45, 2.75) is 39.2 Å². The number of rotatable bonds is 3. The number of hydrogen-bond donors (Lipinski definition) is 1. The molecule has 1 rings (SSSR count). The van der Waals surface area contributed by atoms with Crippen molar-refractivity contribution in [1.29, 1.82) is 0 Å². The second-order valence-corrected chi connectivity index (χ2v) is 3.71. The Labute approximate surface area is 80.5 Å². The predicted octanol–water partition coefficient (Wildman–Crippen LogP) is 0.997. The number of nitrogens with one attached hydrogen (secondary N) is 1. The fourth-order valence-corrected chi connectivity index (χ4v) is 1.94. The molecule has 76 valence electrons. The van der Waals surface area contributed by atoms with Gasteiger partial charge in [0.1, 0.15) is 0 Å². The van der Waals surface area contributed by atoms with Crippen LogP contribution in [0.1, 0.15) is 33.1 Å². The quantitative estimate of drug-likeness (QED) is 0.709. The number of carbonyl (C=O) groups excluding carboxylic acids is 1.